The predicted molar refractivity (Wildman–Crippen MR) is 76.0 cm³/mol. The van der Waals surface area contributed by atoms with Crippen LogP contribution in [0.15, 0.2) is 53.4 Å². The van der Waals surface area contributed by atoms with Gasteiger partial charge in [-0.1, -0.05) is 24.3 Å². The Balaban J connectivity index is 2.13. The van der Waals surface area contributed by atoms with E-state index in [2.05, 4.69) is 0 Å². The lowest BCUT2D eigenvalue weighted by molar-refractivity contribution is 0.0693. The van der Waals surface area contributed by atoms with E-state index >= 15 is 0 Å². The van der Waals surface area contributed by atoms with E-state index in [0.717, 1.165) is 16.2 Å². The highest BCUT2D eigenvalue weighted by atomic mass is 32.2. The molecule has 0 aromatic heterocycles. The summed E-state index contributed by atoms with van der Waals surface area (Å²) in [5.74, 6) is 0.151. The molecule has 0 saturated heterocycles. The first-order chi connectivity index (χ1) is 9.20. The van der Waals surface area contributed by atoms with Crippen molar-refractivity contribution in [2.24, 2.45) is 0 Å². The maximum atomic E-state index is 11.1. The van der Waals surface area contributed by atoms with Gasteiger partial charge in [0.15, 0.2) is 0 Å². The Hall–Kier alpha value is -1.94. The summed E-state index contributed by atoms with van der Waals surface area (Å²) in [6, 6.07) is 15.3. The van der Waals surface area contributed by atoms with Crippen molar-refractivity contribution < 1.29 is 14.6 Å². The average molecular weight is 274 g/mol. The molecular formula is C15H14O3S. The molecule has 19 heavy (non-hydrogen) atoms. The van der Waals surface area contributed by atoms with Crippen LogP contribution in [0.3, 0.4) is 0 Å². The standard InChI is InChI=1S/C15H14O3S/c1-18-14-8-7-11(9-13(14)15(16)17)10-19-12-5-3-2-4-6-12/h2-9H,10H2,1H3,(H,16,17). The van der Waals surface area contributed by atoms with Crippen LogP contribution in [0, 0.1) is 0 Å². The quantitative estimate of drug-likeness (QED) is 0.845. The number of rotatable bonds is 5. The van der Waals surface area contributed by atoms with E-state index < -0.39 is 5.97 Å². The van der Waals surface area contributed by atoms with Crippen molar-refractivity contribution in [3.63, 3.8) is 0 Å². The third kappa shape index (κ3) is 3.51. The molecule has 0 spiro atoms. The maximum absolute atomic E-state index is 11.1. The molecule has 0 unspecified atom stereocenters. The fraction of sp³-hybridized carbons (Fsp3) is 0.133. The SMILES string of the molecule is COc1ccc(CSc2ccccc2)cc1C(=O)O. The predicted octanol–water partition coefficient (Wildman–Crippen LogP) is 3.69. The van der Waals surface area contributed by atoms with E-state index in [0.29, 0.717) is 5.75 Å². The zero-order valence-electron chi connectivity index (χ0n) is 10.5. The molecule has 1 N–H and O–H groups in total. The number of hydrogen-bond donors (Lipinski definition) is 1. The molecule has 2 aromatic carbocycles. The van der Waals surface area contributed by atoms with E-state index in [-0.39, 0.29) is 5.56 Å². The van der Waals surface area contributed by atoms with Crippen molar-refractivity contribution in [2.45, 2.75) is 10.6 Å². The van der Waals surface area contributed by atoms with Gasteiger partial charge in [0, 0.05) is 10.6 Å². The first-order valence-corrected chi connectivity index (χ1v) is 6.77. The minimum absolute atomic E-state index is 0.202. The van der Waals surface area contributed by atoms with Crippen molar-refractivity contribution in [1.82, 2.24) is 0 Å². The summed E-state index contributed by atoms with van der Waals surface area (Å²) >= 11 is 1.67. The maximum Gasteiger partial charge on any atom is 0.339 e. The van der Waals surface area contributed by atoms with E-state index in [1.165, 1.54) is 7.11 Å². The molecule has 0 bridgehead atoms. The topological polar surface area (TPSA) is 46.5 Å². The Morgan fingerprint density at radius 3 is 2.58 bits per heavy atom. The van der Waals surface area contributed by atoms with Crippen LogP contribution in [0.5, 0.6) is 5.75 Å². The van der Waals surface area contributed by atoms with Gasteiger partial charge in [-0.25, -0.2) is 4.79 Å². The lowest BCUT2D eigenvalue weighted by atomic mass is 10.1. The molecule has 0 aliphatic carbocycles. The summed E-state index contributed by atoms with van der Waals surface area (Å²) in [7, 11) is 1.47. The van der Waals surface area contributed by atoms with Crippen LogP contribution < -0.4 is 4.74 Å². The Morgan fingerprint density at radius 1 is 1.21 bits per heavy atom. The molecular weight excluding hydrogens is 260 g/mol. The van der Waals surface area contributed by atoms with Gasteiger partial charge in [0.2, 0.25) is 0 Å². The van der Waals surface area contributed by atoms with E-state index in [9.17, 15) is 4.79 Å². The normalized spacial score (nSPS) is 10.2. The fourth-order valence-electron chi connectivity index (χ4n) is 1.70. The highest BCUT2D eigenvalue weighted by Gasteiger charge is 2.11. The molecule has 0 heterocycles. The molecule has 0 radical (unpaired) electrons. The second-order valence-electron chi connectivity index (χ2n) is 3.94. The molecule has 2 rings (SSSR count). The number of carboxylic acid groups (broad SMARTS) is 1. The minimum Gasteiger partial charge on any atom is -0.496 e. The highest BCUT2D eigenvalue weighted by Crippen LogP contribution is 2.26. The first kappa shape index (κ1) is 13.5. The summed E-state index contributed by atoms with van der Waals surface area (Å²) in [5, 5.41) is 9.12. The van der Waals surface area contributed by atoms with Gasteiger partial charge >= 0.3 is 5.97 Å². The molecule has 0 fully saturated rings. The molecule has 0 amide bonds. The molecule has 98 valence electrons. The van der Waals surface area contributed by atoms with Crippen LogP contribution in [-0.2, 0) is 5.75 Å². The number of thioether (sulfide) groups is 1. The summed E-state index contributed by atoms with van der Waals surface area (Å²) in [6.07, 6.45) is 0. The van der Waals surface area contributed by atoms with Crippen molar-refractivity contribution in [2.75, 3.05) is 7.11 Å². The Labute approximate surface area is 116 Å². The van der Waals surface area contributed by atoms with Gasteiger partial charge in [0.1, 0.15) is 11.3 Å². The second-order valence-corrected chi connectivity index (χ2v) is 4.99. The van der Waals surface area contributed by atoms with Gasteiger partial charge in [0.25, 0.3) is 0 Å². The zero-order valence-corrected chi connectivity index (χ0v) is 11.3. The van der Waals surface area contributed by atoms with Gasteiger partial charge in [-0.2, -0.15) is 0 Å². The van der Waals surface area contributed by atoms with Crippen molar-refractivity contribution in [3.8, 4) is 5.75 Å². The Kier molecular flexibility index (Phi) is 4.47. The minimum atomic E-state index is -0.969. The largest absolute Gasteiger partial charge is 0.496 e. The highest BCUT2D eigenvalue weighted by molar-refractivity contribution is 7.98. The van der Waals surface area contributed by atoms with Gasteiger partial charge in [0.05, 0.1) is 7.11 Å². The van der Waals surface area contributed by atoms with Crippen LogP contribution in [0.1, 0.15) is 15.9 Å². The lowest BCUT2D eigenvalue weighted by Crippen LogP contribution is -2.01. The third-order valence-electron chi connectivity index (χ3n) is 2.64. The van der Waals surface area contributed by atoms with E-state index in [1.807, 2.05) is 36.4 Å². The Bertz CT molecular complexity index is 567. The third-order valence-corrected chi connectivity index (χ3v) is 3.73. The van der Waals surface area contributed by atoms with Crippen LogP contribution in [0.4, 0.5) is 0 Å². The summed E-state index contributed by atoms with van der Waals surface area (Å²) in [6.45, 7) is 0. The number of aromatic carboxylic acids is 1. The molecule has 0 aliphatic rings. The molecule has 0 atom stereocenters. The summed E-state index contributed by atoms with van der Waals surface area (Å²) in [5.41, 5.74) is 1.17. The second kappa shape index (κ2) is 6.29. The van der Waals surface area contributed by atoms with Gasteiger partial charge < -0.3 is 9.84 Å². The number of hydrogen-bond acceptors (Lipinski definition) is 3. The van der Waals surface area contributed by atoms with Crippen LogP contribution in [0.25, 0.3) is 0 Å². The first-order valence-electron chi connectivity index (χ1n) is 5.79. The molecule has 0 saturated carbocycles. The number of methoxy groups -OCH3 is 1. The van der Waals surface area contributed by atoms with Crippen LogP contribution >= 0.6 is 11.8 Å². The number of carbonyl (C=O) groups is 1. The van der Waals surface area contributed by atoms with Crippen LogP contribution in [0.2, 0.25) is 0 Å². The van der Waals surface area contributed by atoms with Gasteiger partial charge in [-0.3, -0.25) is 0 Å². The van der Waals surface area contributed by atoms with Crippen molar-refractivity contribution in [1.29, 1.82) is 0 Å². The van der Waals surface area contributed by atoms with Gasteiger partial charge in [-0.05, 0) is 29.8 Å². The molecule has 4 heteroatoms. The van der Waals surface area contributed by atoms with Crippen molar-refractivity contribution >= 4 is 17.7 Å². The molecule has 3 nitrogen and oxygen atoms in total. The van der Waals surface area contributed by atoms with Crippen LogP contribution in [-0.4, -0.2) is 18.2 Å². The van der Waals surface area contributed by atoms with Crippen molar-refractivity contribution in [3.05, 3.63) is 59.7 Å². The van der Waals surface area contributed by atoms with E-state index in [4.69, 9.17) is 9.84 Å². The summed E-state index contributed by atoms with van der Waals surface area (Å²) in [4.78, 5) is 12.3. The average Bonchev–Trinajstić information content (AvgIpc) is 2.46. The zero-order chi connectivity index (χ0) is 13.7. The van der Waals surface area contributed by atoms with E-state index in [1.54, 1.807) is 23.9 Å². The molecule has 0 aliphatic heterocycles. The number of ether oxygens (including phenoxy) is 1. The van der Waals surface area contributed by atoms with Gasteiger partial charge in [-0.15, -0.1) is 11.8 Å². The number of benzene rings is 2. The molecule has 2 aromatic rings. The Morgan fingerprint density at radius 2 is 1.95 bits per heavy atom. The summed E-state index contributed by atoms with van der Waals surface area (Å²) < 4.78 is 5.04. The fourth-order valence-corrected chi connectivity index (χ4v) is 2.56. The smallest absolute Gasteiger partial charge is 0.339 e. The number of carboxylic acids is 1. The monoisotopic (exact) mass is 274 g/mol. The lowest BCUT2D eigenvalue weighted by Gasteiger charge is -2.07.